The third-order valence-corrected chi connectivity index (χ3v) is 3.19. The van der Waals surface area contributed by atoms with Crippen LogP contribution in [0.15, 0.2) is 59.7 Å². The van der Waals surface area contributed by atoms with E-state index in [2.05, 4.69) is 22.7 Å². The predicted octanol–water partition coefficient (Wildman–Crippen LogP) is 3.45. The molecule has 2 aromatic carbocycles. The van der Waals surface area contributed by atoms with Crippen molar-refractivity contribution in [3.05, 3.63) is 65.2 Å². The Morgan fingerprint density at radius 2 is 1.86 bits per heavy atom. The van der Waals surface area contributed by atoms with Crippen molar-refractivity contribution in [2.75, 3.05) is 6.61 Å². The Morgan fingerprint density at radius 1 is 1.14 bits per heavy atom. The van der Waals surface area contributed by atoms with Crippen molar-refractivity contribution in [3.63, 3.8) is 0 Å². The van der Waals surface area contributed by atoms with Crippen LogP contribution in [0.5, 0.6) is 5.75 Å². The number of nitrogens with one attached hydrogen (secondary N) is 1. The summed E-state index contributed by atoms with van der Waals surface area (Å²) in [7, 11) is 0. The normalized spacial score (nSPS) is 10.6. The highest BCUT2D eigenvalue weighted by atomic mass is 35.5. The van der Waals surface area contributed by atoms with Gasteiger partial charge in [0.2, 0.25) is 0 Å². The molecule has 0 unspecified atom stereocenters. The summed E-state index contributed by atoms with van der Waals surface area (Å²) < 4.78 is 5.31. The van der Waals surface area contributed by atoms with Crippen molar-refractivity contribution in [3.8, 4) is 5.75 Å². The number of halogens is 1. The molecule has 2 aromatic rings. The summed E-state index contributed by atoms with van der Waals surface area (Å²) in [6.07, 6.45) is 3.33. The molecule has 2 rings (SSSR count). The SMILES string of the molecule is O=C(COc1ccccc1Cl)NN=CCCc1ccccc1. The summed E-state index contributed by atoms with van der Waals surface area (Å²) in [5, 5.41) is 4.36. The molecule has 0 aliphatic rings. The Balaban J connectivity index is 1.65. The molecule has 5 heteroatoms. The zero-order valence-electron chi connectivity index (χ0n) is 12.0. The molecule has 4 nitrogen and oxygen atoms in total. The number of carbonyl (C=O) groups excluding carboxylic acids is 1. The minimum atomic E-state index is -0.323. The van der Waals surface area contributed by atoms with Crippen LogP contribution < -0.4 is 10.2 Å². The zero-order chi connectivity index (χ0) is 15.6. The predicted molar refractivity (Wildman–Crippen MR) is 88.3 cm³/mol. The van der Waals surface area contributed by atoms with Crippen LogP contribution >= 0.6 is 11.6 Å². The van der Waals surface area contributed by atoms with Crippen molar-refractivity contribution in [1.29, 1.82) is 0 Å². The van der Waals surface area contributed by atoms with E-state index in [1.165, 1.54) is 5.56 Å². The Morgan fingerprint density at radius 3 is 2.64 bits per heavy atom. The standard InChI is InChI=1S/C17H17ClN2O2/c18-15-10-4-5-11-16(15)22-13-17(21)20-19-12-6-9-14-7-2-1-3-8-14/h1-5,7-8,10-12H,6,9,13H2,(H,20,21). The Hall–Kier alpha value is -2.33. The molecule has 114 valence electrons. The molecule has 22 heavy (non-hydrogen) atoms. The average Bonchev–Trinajstić information content (AvgIpc) is 2.55. The van der Waals surface area contributed by atoms with E-state index in [0.29, 0.717) is 10.8 Å². The molecule has 0 bridgehead atoms. The summed E-state index contributed by atoms with van der Waals surface area (Å²) >= 11 is 5.93. The van der Waals surface area contributed by atoms with Gasteiger partial charge < -0.3 is 4.74 Å². The van der Waals surface area contributed by atoms with E-state index in [1.807, 2.05) is 18.2 Å². The lowest BCUT2D eigenvalue weighted by molar-refractivity contribution is -0.123. The second kappa shape index (κ2) is 8.85. The molecular weight excluding hydrogens is 300 g/mol. The Kier molecular flexibility index (Phi) is 6.45. The molecule has 0 saturated carbocycles. The molecular formula is C17H17ClN2O2. The largest absolute Gasteiger partial charge is 0.482 e. The first-order valence-corrected chi connectivity index (χ1v) is 7.35. The van der Waals surface area contributed by atoms with Crippen molar-refractivity contribution in [2.45, 2.75) is 12.8 Å². The molecule has 0 fully saturated rings. The quantitative estimate of drug-likeness (QED) is 0.628. The molecule has 0 aromatic heterocycles. The van der Waals surface area contributed by atoms with Gasteiger partial charge in [-0.25, -0.2) is 5.43 Å². The van der Waals surface area contributed by atoms with E-state index in [0.717, 1.165) is 12.8 Å². The van der Waals surface area contributed by atoms with E-state index >= 15 is 0 Å². The van der Waals surface area contributed by atoms with Crippen LogP contribution in [-0.2, 0) is 11.2 Å². The van der Waals surface area contributed by atoms with E-state index in [4.69, 9.17) is 16.3 Å². The number of aryl methyl sites for hydroxylation is 1. The van der Waals surface area contributed by atoms with E-state index in [9.17, 15) is 4.79 Å². The van der Waals surface area contributed by atoms with E-state index < -0.39 is 0 Å². The van der Waals surface area contributed by atoms with Crippen LogP contribution in [0.2, 0.25) is 5.02 Å². The Labute approximate surface area is 134 Å². The van der Waals surface area contributed by atoms with Gasteiger partial charge in [0, 0.05) is 6.21 Å². The highest BCUT2D eigenvalue weighted by Crippen LogP contribution is 2.22. The first-order chi connectivity index (χ1) is 10.8. The zero-order valence-corrected chi connectivity index (χ0v) is 12.8. The minimum Gasteiger partial charge on any atom is -0.482 e. The van der Waals surface area contributed by atoms with Crippen molar-refractivity contribution in [1.82, 2.24) is 5.43 Å². The number of carbonyl (C=O) groups is 1. The fourth-order valence-electron chi connectivity index (χ4n) is 1.80. The topological polar surface area (TPSA) is 50.7 Å². The number of benzene rings is 2. The van der Waals surface area contributed by atoms with Crippen LogP contribution in [0.4, 0.5) is 0 Å². The highest BCUT2D eigenvalue weighted by molar-refractivity contribution is 6.32. The van der Waals surface area contributed by atoms with Crippen LogP contribution in [0.25, 0.3) is 0 Å². The molecule has 0 heterocycles. The fraction of sp³-hybridized carbons (Fsp3) is 0.176. The third kappa shape index (κ3) is 5.58. The van der Waals surface area contributed by atoms with Gasteiger partial charge in [0.15, 0.2) is 6.61 Å². The van der Waals surface area contributed by atoms with Gasteiger partial charge in [0.1, 0.15) is 5.75 Å². The summed E-state index contributed by atoms with van der Waals surface area (Å²) in [6.45, 7) is -0.125. The molecule has 0 saturated heterocycles. The first-order valence-electron chi connectivity index (χ1n) is 6.97. The summed E-state index contributed by atoms with van der Waals surface area (Å²) in [4.78, 5) is 11.6. The molecule has 1 amide bonds. The van der Waals surface area contributed by atoms with Gasteiger partial charge in [-0.15, -0.1) is 0 Å². The van der Waals surface area contributed by atoms with Gasteiger partial charge in [0.25, 0.3) is 5.91 Å². The van der Waals surface area contributed by atoms with Crippen molar-refractivity contribution >= 4 is 23.7 Å². The summed E-state index contributed by atoms with van der Waals surface area (Å²) in [5.41, 5.74) is 3.66. The van der Waals surface area contributed by atoms with Gasteiger partial charge in [-0.2, -0.15) is 5.10 Å². The maximum atomic E-state index is 11.6. The number of amides is 1. The monoisotopic (exact) mass is 316 g/mol. The smallest absolute Gasteiger partial charge is 0.277 e. The second-order valence-electron chi connectivity index (χ2n) is 4.59. The number of rotatable bonds is 7. The first kappa shape index (κ1) is 16.0. The number of hydrogen-bond donors (Lipinski definition) is 1. The van der Waals surface area contributed by atoms with Crippen LogP contribution in [0.3, 0.4) is 0 Å². The highest BCUT2D eigenvalue weighted by Gasteiger charge is 2.03. The lowest BCUT2D eigenvalue weighted by atomic mass is 10.1. The number of para-hydroxylation sites is 1. The van der Waals surface area contributed by atoms with E-state index in [-0.39, 0.29) is 12.5 Å². The Bertz CT molecular complexity index is 630. The number of hydrazone groups is 1. The molecule has 0 spiro atoms. The minimum absolute atomic E-state index is 0.125. The second-order valence-corrected chi connectivity index (χ2v) is 5.00. The maximum Gasteiger partial charge on any atom is 0.277 e. The third-order valence-electron chi connectivity index (χ3n) is 2.88. The molecule has 0 radical (unpaired) electrons. The van der Waals surface area contributed by atoms with Crippen LogP contribution in [0, 0.1) is 0 Å². The fourth-order valence-corrected chi connectivity index (χ4v) is 1.99. The van der Waals surface area contributed by atoms with Gasteiger partial charge in [-0.3, -0.25) is 4.79 Å². The molecule has 0 aliphatic carbocycles. The van der Waals surface area contributed by atoms with Crippen molar-refractivity contribution < 1.29 is 9.53 Å². The summed E-state index contributed by atoms with van der Waals surface area (Å²) in [6, 6.07) is 17.1. The van der Waals surface area contributed by atoms with Crippen molar-refractivity contribution in [2.24, 2.45) is 5.10 Å². The van der Waals surface area contributed by atoms with Gasteiger partial charge >= 0.3 is 0 Å². The number of ether oxygens (including phenoxy) is 1. The average molecular weight is 317 g/mol. The number of nitrogens with zero attached hydrogens (tertiary/aromatic N) is 1. The van der Waals surface area contributed by atoms with Crippen LogP contribution in [0.1, 0.15) is 12.0 Å². The lowest BCUT2D eigenvalue weighted by Crippen LogP contribution is -2.24. The maximum absolute atomic E-state index is 11.6. The summed E-state index contributed by atoms with van der Waals surface area (Å²) in [5.74, 6) is 0.156. The van der Waals surface area contributed by atoms with Gasteiger partial charge in [-0.05, 0) is 30.5 Å². The molecule has 0 atom stereocenters. The lowest BCUT2D eigenvalue weighted by Gasteiger charge is -2.06. The van der Waals surface area contributed by atoms with Gasteiger partial charge in [-0.1, -0.05) is 54.1 Å². The molecule has 1 N–H and O–H groups in total. The van der Waals surface area contributed by atoms with E-state index in [1.54, 1.807) is 30.5 Å². The molecule has 0 aliphatic heterocycles. The van der Waals surface area contributed by atoms with Crippen LogP contribution in [-0.4, -0.2) is 18.7 Å². The van der Waals surface area contributed by atoms with Gasteiger partial charge in [0.05, 0.1) is 5.02 Å². The number of hydrogen-bond acceptors (Lipinski definition) is 3.